The largest absolute Gasteiger partial charge is 0.477 e. The van der Waals surface area contributed by atoms with Crippen LogP contribution in [0.15, 0.2) is 12.2 Å². The predicted molar refractivity (Wildman–Crippen MR) is 93.8 cm³/mol. The Hall–Kier alpha value is -1.40. The average Bonchev–Trinajstić information content (AvgIpc) is 2.51. The lowest BCUT2D eigenvalue weighted by Crippen LogP contribution is -2.67. The van der Waals surface area contributed by atoms with Crippen LogP contribution in [0.3, 0.4) is 0 Å². The summed E-state index contributed by atoms with van der Waals surface area (Å²) in [5.41, 5.74) is 0. The Bertz CT molecular complexity index is 386. The number of hydrogen-bond acceptors (Lipinski definition) is 3. The fraction of sp³-hybridized carbons (Fsp3) is 0.778. The van der Waals surface area contributed by atoms with Crippen molar-refractivity contribution in [3.63, 3.8) is 0 Å². The van der Waals surface area contributed by atoms with E-state index in [0.717, 1.165) is 19.3 Å². The average molecular weight is 344 g/mol. The van der Waals surface area contributed by atoms with Crippen LogP contribution in [0.1, 0.15) is 59.3 Å². The lowest BCUT2D eigenvalue weighted by Gasteiger charge is -2.46. The van der Waals surface area contributed by atoms with Crippen LogP contribution >= 0.6 is 0 Å². The quantitative estimate of drug-likeness (QED) is 0.256. The monoisotopic (exact) mass is 344 g/mol. The van der Waals surface area contributed by atoms with E-state index in [4.69, 9.17) is 0 Å². The molecule has 24 heavy (non-hydrogen) atoms. The Labute approximate surface area is 145 Å². The second kappa shape index (κ2) is 12.0. The van der Waals surface area contributed by atoms with Crippen LogP contribution in [0.5, 0.6) is 0 Å². The molecule has 140 valence electrons. The molecule has 0 bridgehead atoms. The molecule has 0 aliphatic heterocycles. The molecular formula is C18H34NO5+. The summed E-state index contributed by atoms with van der Waals surface area (Å²) >= 11 is 0. The van der Waals surface area contributed by atoms with E-state index in [9.17, 15) is 24.9 Å². The third-order valence-electron chi connectivity index (χ3n) is 4.70. The molecule has 0 saturated carbocycles. The third-order valence-corrected chi connectivity index (χ3v) is 4.70. The van der Waals surface area contributed by atoms with Crippen molar-refractivity contribution in [2.45, 2.75) is 71.4 Å². The molecule has 0 aliphatic carbocycles. The molecule has 0 fully saturated rings. The van der Waals surface area contributed by atoms with Gasteiger partial charge in [0.2, 0.25) is 0 Å². The molecule has 0 aliphatic rings. The summed E-state index contributed by atoms with van der Waals surface area (Å²) in [4.78, 5) is 23.5. The van der Waals surface area contributed by atoms with E-state index in [1.165, 1.54) is 0 Å². The van der Waals surface area contributed by atoms with Gasteiger partial charge in [0, 0.05) is 19.3 Å². The van der Waals surface area contributed by atoms with Crippen LogP contribution in [0.2, 0.25) is 0 Å². The zero-order chi connectivity index (χ0) is 18.6. The van der Waals surface area contributed by atoms with E-state index < -0.39 is 24.0 Å². The van der Waals surface area contributed by atoms with Crippen LogP contribution in [0.4, 0.5) is 0 Å². The van der Waals surface area contributed by atoms with Gasteiger partial charge in [-0.2, -0.15) is 0 Å². The van der Waals surface area contributed by atoms with Crippen molar-refractivity contribution in [3.8, 4) is 0 Å². The standard InChI is InChI=1S/C18H33NO5/c1-4-7-8-9-10-11-12-19(13-14-20,15(5-2)17(21)22)16(6-3)18(23)24/h9-10,15-16,20H,4-8,11-14H2,1-3H3,(H-,21,22,23,24)/p+1/b10-9+. The highest BCUT2D eigenvalue weighted by Crippen LogP contribution is 2.26. The zero-order valence-electron chi connectivity index (χ0n) is 15.3. The molecular weight excluding hydrogens is 310 g/mol. The molecule has 0 spiro atoms. The maximum absolute atomic E-state index is 11.8. The highest BCUT2D eigenvalue weighted by Gasteiger charge is 2.48. The van der Waals surface area contributed by atoms with E-state index in [1.54, 1.807) is 13.8 Å². The van der Waals surface area contributed by atoms with Crippen LogP contribution in [-0.4, -0.2) is 63.5 Å². The topological polar surface area (TPSA) is 94.8 Å². The van der Waals surface area contributed by atoms with Crippen LogP contribution in [0, 0.1) is 0 Å². The first-order valence-corrected chi connectivity index (χ1v) is 8.99. The summed E-state index contributed by atoms with van der Waals surface area (Å²) < 4.78 is -0.105. The number of carbonyl (C=O) groups is 2. The molecule has 2 unspecified atom stereocenters. The predicted octanol–water partition coefficient (Wildman–Crippen LogP) is 2.66. The van der Waals surface area contributed by atoms with Gasteiger partial charge in [-0.3, -0.25) is 4.48 Å². The van der Waals surface area contributed by atoms with Gasteiger partial charge >= 0.3 is 11.9 Å². The first kappa shape index (κ1) is 22.6. The third kappa shape index (κ3) is 6.24. The Balaban J connectivity index is 5.52. The number of aliphatic hydroxyl groups is 1. The van der Waals surface area contributed by atoms with E-state index >= 15 is 0 Å². The van der Waals surface area contributed by atoms with Gasteiger partial charge in [-0.1, -0.05) is 45.8 Å². The summed E-state index contributed by atoms with van der Waals surface area (Å²) in [6.07, 6.45) is 8.54. The van der Waals surface area contributed by atoms with Gasteiger partial charge in [0.15, 0.2) is 12.1 Å². The summed E-state index contributed by atoms with van der Waals surface area (Å²) in [7, 11) is 0. The van der Waals surface area contributed by atoms with Gasteiger partial charge in [0.1, 0.15) is 6.54 Å². The smallest absolute Gasteiger partial charge is 0.362 e. The van der Waals surface area contributed by atoms with E-state index in [0.29, 0.717) is 25.8 Å². The van der Waals surface area contributed by atoms with Crippen molar-refractivity contribution in [3.05, 3.63) is 12.2 Å². The van der Waals surface area contributed by atoms with E-state index in [1.807, 2.05) is 6.08 Å². The Morgan fingerprint density at radius 1 is 0.917 bits per heavy atom. The first-order valence-electron chi connectivity index (χ1n) is 8.99. The number of carboxylic acid groups (broad SMARTS) is 2. The van der Waals surface area contributed by atoms with Crippen molar-refractivity contribution in [1.82, 2.24) is 0 Å². The Morgan fingerprint density at radius 3 is 1.79 bits per heavy atom. The first-order chi connectivity index (χ1) is 11.4. The van der Waals surface area contributed by atoms with Crippen LogP contribution < -0.4 is 0 Å². The molecule has 0 radical (unpaired) electrons. The number of nitrogens with zero attached hydrogens (tertiary/aromatic N) is 1. The molecule has 6 heteroatoms. The molecule has 0 aromatic rings. The highest BCUT2D eigenvalue weighted by molar-refractivity contribution is 5.75. The number of allylic oxidation sites excluding steroid dienone is 1. The van der Waals surface area contributed by atoms with Gasteiger partial charge in [0.05, 0.1) is 13.2 Å². The number of quaternary nitrogens is 1. The second-order valence-electron chi connectivity index (χ2n) is 6.20. The van der Waals surface area contributed by atoms with E-state index in [2.05, 4.69) is 13.0 Å². The van der Waals surface area contributed by atoms with Gasteiger partial charge in [-0.05, 0) is 6.42 Å². The molecule has 0 heterocycles. The lowest BCUT2D eigenvalue weighted by molar-refractivity contribution is -0.958. The van der Waals surface area contributed by atoms with Gasteiger partial charge in [-0.25, -0.2) is 9.59 Å². The number of carboxylic acids is 2. The highest BCUT2D eigenvalue weighted by atomic mass is 16.4. The van der Waals surface area contributed by atoms with Crippen molar-refractivity contribution in [2.24, 2.45) is 0 Å². The molecule has 0 aromatic carbocycles. The fourth-order valence-electron chi connectivity index (χ4n) is 3.53. The van der Waals surface area contributed by atoms with Crippen LogP contribution in [-0.2, 0) is 9.59 Å². The number of hydrogen-bond donors (Lipinski definition) is 3. The molecule has 0 saturated heterocycles. The van der Waals surface area contributed by atoms with Crippen molar-refractivity contribution < 1.29 is 29.4 Å². The molecule has 3 N–H and O–H groups in total. The maximum Gasteiger partial charge on any atom is 0.362 e. The fourth-order valence-corrected chi connectivity index (χ4v) is 3.53. The summed E-state index contributed by atoms with van der Waals surface area (Å²) in [5, 5.41) is 28.8. The lowest BCUT2D eigenvalue weighted by atomic mass is 10.0. The number of aliphatic hydroxyl groups excluding tert-OH is 1. The SMILES string of the molecule is CCCC/C=C/CC[N+](CCO)(C(CC)C(=O)O)C(CC)C(=O)O. The van der Waals surface area contributed by atoms with Gasteiger partial charge < -0.3 is 15.3 Å². The number of rotatable bonds is 14. The van der Waals surface area contributed by atoms with E-state index in [-0.39, 0.29) is 17.6 Å². The van der Waals surface area contributed by atoms with Crippen molar-refractivity contribution in [1.29, 1.82) is 0 Å². The summed E-state index contributed by atoms with van der Waals surface area (Å²) in [5.74, 6) is -2.00. The van der Waals surface area contributed by atoms with Gasteiger partial charge in [-0.15, -0.1) is 0 Å². The molecule has 0 amide bonds. The Kier molecular flexibility index (Phi) is 11.3. The summed E-state index contributed by atoms with van der Waals surface area (Å²) in [6.45, 7) is 5.95. The normalized spacial score (nSPS) is 16.7. The van der Waals surface area contributed by atoms with Crippen LogP contribution in [0.25, 0.3) is 0 Å². The summed E-state index contributed by atoms with van der Waals surface area (Å²) in [6, 6.07) is -1.66. The van der Waals surface area contributed by atoms with Crippen molar-refractivity contribution in [2.75, 3.05) is 19.7 Å². The van der Waals surface area contributed by atoms with Crippen molar-refractivity contribution >= 4 is 11.9 Å². The molecule has 0 rings (SSSR count). The maximum atomic E-state index is 11.8. The minimum Gasteiger partial charge on any atom is -0.477 e. The number of unbranched alkanes of at least 4 members (excludes halogenated alkanes) is 2. The second-order valence-corrected chi connectivity index (χ2v) is 6.20. The molecule has 2 atom stereocenters. The zero-order valence-corrected chi connectivity index (χ0v) is 15.3. The minimum absolute atomic E-state index is 0.105. The van der Waals surface area contributed by atoms with Gasteiger partial charge in [0.25, 0.3) is 0 Å². The number of aliphatic carboxylic acids is 2. The molecule has 6 nitrogen and oxygen atoms in total. The minimum atomic E-state index is -0.999. The Morgan fingerprint density at radius 2 is 1.42 bits per heavy atom. The molecule has 0 aromatic heterocycles.